The molecule has 1 unspecified atom stereocenters. The van der Waals surface area contributed by atoms with Crippen molar-refractivity contribution in [1.82, 2.24) is 9.55 Å². The fourth-order valence-corrected chi connectivity index (χ4v) is 3.81. The quantitative estimate of drug-likeness (QED) is 0.518. The molecule has 0 radical (unpaired) electrons. The minimum Gasteiger partial charge on any atom is -0.490 e. The highest BCUT2D eigenvalue weighted by Crippen LogP contribution is 2.33. The predicted octanol–water partition coefficient (Wildman–Crippen LogP) is 4.70. The molecule has 1 heterocycles. The summed E-state index contributed by atoms with van der Waals surface area (Å²) in [4.78, 5) is 4.54. The molecule has 1 atom stereocenters. The number of aromatic nitrogens is 2. The van der Waals surface area contributed by atoms with Gasteiger partial charge in [0.05, 0.1) is 22.1 Å². The van der Waals surface area contributed by atoms with Gasteiger partial charge in [-0.25, -0.2) is 4.98 Å². The Morgan fingerprint density at radius 1 is 1.08 bits per heavy atom. The van der Waals surface area contributed by atoms with Gasteiger partial charge in [0, 0.05) is 0 Å². The van der Waals surface area contributed by atoms with Crippen molar-refractivity contribution in [2.24, 2.45) is 0 Å². The number of aliphatic hydroxyl groups excluding tert-OH is 1. The van der Waals surface area contributed by atoms with Crippen LogP contribution in [0.15, 0.2) is 65.1 Å². The number of halogens is 1. The molecular formula is C21H19BrN2O2. The molecule has 1 N–H and O–H groups in total. The summed E-state index contributed by atoms with van der Waals surface area (Å²) < 4.78 is 8.81. The minimum atomic E-state index is -0.635. The van der Waals surface area contributed by atoms with Gasteiger partial charge < -0.3 is 14.4 Å². The predicted molar refractivity (Wildman–Crippen MR) is 108 cm³/mol. The van der Waals surface area contributed by atoms with Gasteiger partial charge in [-0.3, -0.25) is 0 Å². The van der Waals surface area contributed by atoms with Crippen molar-refractivity contribution in [3.05, 3.63) is 71.0 Å². The molecule has 26 heavy (non-hydrogen) atoms. The maximum atomic E-state index is 10.5. The molecule has 132 valence electrons. The number of rotatable bonds is 5. The highest BCUT2D eigenvalue weighted by molar-refractivity contribution is 9.10. The molecule has 0 spiro atoms. The Hall–Kier alpha value is -2.37. The Bertz CT molecular complexity index is 1070. The zero-order valence-corrected chi connectivity index (χ0v) is 16.0. The Morgan fingerprint density at radius 2 is 1.85 bits per heavy atom. The molecule has 0 aliphatic heterocycles. The van der Waals surface area contributed by atoms with E-state index in [0.29, 0.717) is 6.54 Å². The molecule has 5 heteroatoms. The lowest BCUT2D eigenvalue weighted by molar-refractivity contribution is 0.0926. The van der Waals surface area contributed by atoms with E-state index in [4.69, 9.17) is 4.74 Å². The van der Waals surface area contributed by atoms with Crippen LogP contribution in [0.5, 0.6) is 5.75 Å². The van der Waals surface area contributed by atoms with Crippen LogP contribution in [0.25, 0.3) is 21.8 Å². The number of fused-ring (bicyclic) bond motifs is 2. The first-order chi connectivity index (χ1) is 12.6. The molecule has 0 aliphatic carbocycles. The number of hydrogen-bond donors (Lipinski definition) is 1. The first kappa shape index (κ1) is 17.1. The van der Waals surface area contributed by atoms with E-state index < -0.39 is 6.10 Å². The zero-order chi connectivity index (χ0) is 18.1. The number of aliphatic hydroxyl groups is 1. The van der Waals surface area contributed by atoms with Gasteiger partial charge in [-0.05, 0) is 51.8 Å². The molecule has 0 bridgehead atoms. The number of hydrogen-bond acceptors (Lipinski definition) is 3. The van der Waals surface area contributed by atoms with Crippen LogP contribution in [0.2, 0.25) is 0 Å². The molecule has 0 saturated carbocycles. The lowest BCUT2D eigenvalue weighted by atomic mass is 10.1. The van der Waals surface area contributed by atoms with E-state index in [9.17, 15) is 5.11 Å². The maximum absolute atomic E-state index is 10.5. The second-order valence-corrected chi connectivity index (χ2v) is 7.11. The lowest BCUT2D eigenvalue weighted by Crippen LogP contribution is -2.24. The molecule has 0 fully saturated rings. The van der Waals surface area contributed by atoms with Crippen LogP contribution in [0, 0.1) is 6.92 Å². The summed E-state index contributed by atoms with van der Waals surface area (Å²) in [6.07, 6.45) is -0.635. The molecule has 0 saturated heterocycles. The zero-order valence-electron chi connectivity index (χ0n) is 14.4. The van der Waals surface area contributed by atoms with E-state index in [1.807, 2.05) is 66.1 Å². The van der Waals surface area contributed by atoms with Gasteiger partial charge in [-0.15, -0.1) is 0 Å². The first-order valence-corrected chi connectivity index (χ1v) is 9.33. The number of imidazole rings is 1. The van der Waals surface area contributed by atoms with E-state index in [-0.39, 0.29) is 6.61 Å². The monoisotopic (exact) mass is 410 g/mol. The van der Waals surface area contributed by atoms with E-state index in [1.54, 1.807) is 0 Å². The van der Waals surface area contributed by atoms with Crippen molar-refractivity contribution < 1.29 is 9.84 Å². The number of nitrogens with zero attached hydrogens (tertiary/aromatic N) is 2. The fraction of sp³-hybridized carbons (Fsp3) is 0.190. The largest absolute Gasteiger partial charge is 0.490 e. The summed E-state index contributed by atoms with van der Waals surface area (Å²) >= 11 is 3.61. The molecule has 0 aliphatic rings. The number of ether oxygens (including phenoxy) is 1. The summed E-state index contributed by atoms with van der Waals surface area (Å²) in [6, 6.07) is 20.0. The molecule has 1 aromatic heterocycles. The summed E-state index contributed by atoms with van der Waals surface area (Å²) in [5.41, 5.74) is 1.96. The second-order valence-electron chi connectivity index (χ2n) is 6.32. The third-order valence-electron chi connectivity index (χ3n) is 4.50. The highest BCUT2D eigenvalue weighted by atomic mass is 79.9. The van der Waals surface area contributed by atoms with Crippen molar-refractivity contribution >= 4 is 37.7 Å². The number of para-hydroxylation sites is 2. The normalized spacial score (nSPS) is 12.6. The van der Waals surface area contributed by atoms with Gasteiger partial charge in [0.1, 0.15) is 24.3 Å². The Balaban J connectivity index is 1.50. The lowest BCUT2D eigenvalue weighted by Gasteiger charge is -2.16. The van der Waals surface area contributed by atoms with Crippen molar-refractivity contribution in [3.8, 4) is 5.75 Å². The molecule has 3 aromatic carbocycles. The van der Waals surface area contributed by atoms with E-state index in [1.165, 1.54) is 0 Å². The Morgan fingerprint density at radius 3 is 2.73 bits per heavy atom. The van der Waals surface area contributed by atoms with Crippen LogP contribution in [0.4, 0.5) is 0 Å². The summed E-state index contributed by atoms with van der Waals surface area (Å²) in [6.45, 7) is 2.61. The third kappa shape index (κ3) is 3.20. The van der Waals surface area contributed by atoms with Gasteiger partial charge in [0.2, 0.25) is 0 Å². The Kier molecular flexibility index (Phi) is 4.66. The fourth-order valence-electron chi connectivity index (χ4n) is 3.20. The summed E-state index contributed by atoms with van der Waals surface area (Å²) in [5.74, 6) is 1.62. The molecule has 0 amide bonds. The third-order valence-corrected chi connectivity index (χ3v) is 5.32. The van der Waals surface area contributed by atoms with Crippen LogP contribution in [0.3, 0.4) is 0 Å². The minimum absolute atomic E-state index is 0.211. The van der Waals surface area contributed by atoms with Crippen LogP contribution in [-0.2, 0) is 6.54 Å². The summed E-state index contributed by atoms with van der Waals surface area (Å²) in [5, 5.41) is 12.7. The number of aryl methyl sites for hydroxylation is 1. The van der Waals surface area contributed by atoms with Gasteiger partial charge in [0.25, 0.3) is 0 Å². The first-order valence-electron chi connectivity index (χ1n) is 8.53. The topological polar surface area (TPSA) is 47.3 Å². The average molecular weight is 411 g/mol. The number of benzene rings is 3. The van der Waals surface area contributed by atoms with Crippen LogP contribution in [0.1, 0.15) is 5.82 Å². The van der Waals surface area contributed by atoms with E-state index in [2.05, 4.69) is 27.0 Å². The molecular weight excluding hydrogens is 392 g/mol. The van der Waals surface area contributed by atoms with Crippen LogP contribution < -0.4 is 4.74 Å². The highest BCUT2D eigenvalue weighted by Gasteiger charge is 2.13. The van der Waals surface area contributed by atoms with Crippen molar-refractivity contribution in [3.63, 3.8) is 0 Å². The van der Waals surface area contributed by atoms with Crippen molar-refractivity contribution in [2.45, 2.75) is 19.6 Å². The van der Waals surface area contributed by atoms with E-state index in [0.717, 1.165) is 37.9 Å². The van der Waals surface area contributed by atoms with E-state index >= 15 is 0 Å². The SMILES string of the molecule is Cc1nc2ccccc2n1CC(O)COc1ccc2ccccc2c1Br. The summed E-state index contributed by atoms with van der Waals surface area (Å²) in [7, 11) is 0. The van der Waals surface area contributed by atoms with Crippen LogP contribution in [-0.4, -0.2) is 27.4 Å². The van der Waals surface area contributed by atoms with Crippen molar-refractivity contribution in [2.75, 3.05) is 6.61 Å². The Labute approximate surface area is 160 Å². The smallest absolute Gasteiger partial charge is 0.134 e. The van der Waals surface area contributed by atoms with Gasteiger partial charge in [0.15, 0.2) is 0 Å². The van der Waals surface area contributed by atoms with Gasteiger partial charge >= 0.3 is 0 Å². The van der Waals surface area contributed by atoms with Crippen LogP contribution >= 0.6 is 15.9 Å². The molecule has 4 rings (SSSR count). The average Bonchev–Trinajstić information content (AvgIpc) is 2.97. The standard InChI is InChI=1S/C21H19BrN2O2/c1-14-23-18-8-4-5-9-19(18)24(14)12-16(25)13-26-20-11-10-15-6-2-3-7-17(15)21(20)22/h2-11,16,25H,12-13H2,1H3. The van der Waals surface area contributed by atoms with Gasteiger partial charge in [-0.2, -0.15) is 0 Å². The molecule has 4 aromatic rings. The molecule has 4 nitrogen and oxygen atoms in total. The second kappa shape index (κ2) is 7.09. The van der Waals surface area contributed by atoms with Crippen molar-refractivity contribution in [1.29, 1.82) is 0 Å². The maximum Gasteiger partial charge on any atom is 0.134 e. The van der Waals surface area contributed by atoms with Gasteiger partial charge in [-0.1, -0.05) is 42.5 Å².